The Kier molecular flexibility index (Phi) is 5.89. The predicted octanol–water partition coefficient (Wildman–Crippen LogP) is 2.30. The summed E-state index contributed by atoms with van der Waals surface area (Å²) in [6, 6.07) is 14.5. The number of methoxy groups -OCH3 is 1. The SMILES string of the molecule is COc1c2c(cc3c1[C@H](c1nnnn1-c1ccc(C(=O)NCc4ccccn4)cc1)N(C)CC3)OCO2. The third-order valence-electron chi connectivity index (χ3n) is 6.66. The average Bonchev–Trinajstić information content (AvgIpc) is 3.61. The number of ether oxygens (including phenoxy) is 3. The van der Waals surface area contributed by atoms with Gasteiger partial charge in [0.1, 0.15) is 6.04 Å². The first kappa shape index (κ1) is 22.9. The van der Waals surface area contributed by atoms with Crippen molar-refractivity contribution in [2.75, 3.05) is 27.5 Å². The first-order chi connectivity index (χ1) is 18.1. The summed E-state index contributed by atoms with van der Waals surface area (Å²) in [6.07, 6.45) is 2.53. The number of tetrazole rings is 1. The maximum atomic E-state index is 12.6. The molecule has 0 radical (unpaired) electrons. The van der Waals surface area contributed by atoms with E-state index >= 15 is 0 Å². The van der Waals surface area contributed by atoms with Crippen molar-refractivity contribution < 1.29 is 19.0 Å². The molecule has 0 aliphatic carbocycles. The highest BCUT2D eigenvalue weighted by molar-refractivity contribution is 5.94. The van der Waals surface area contributed by atoms with Crippen LogP contribution in [0.4, 0.5) is 0 Å². The van der Waals surface area contributed by atoms with Crippen molar-refractivity contribution >= 4 is 5.91 Å². The zero-order valence-corrected chi connectivity index (χ0v) is 20.4. The lowest BCUT2D eigenvalue weighted by atomic mass is 9.90. The summed E-state index contributed by atoms with van der Waals surface area (Å²) >= 11 is 0. The molecule has 1 atom stereocenters. The second-order valence-electron chi connectivity index (χ2n) is 8.85. The average molecular weight is 500 g/mol. The molecular weight excluding hydrogens is 474 g/mol. The topological polar surface area (TPSA) is 117 Å². The van der Waals surface area contributed by atoms with E-state index in [2.05, 4.69) is 30.7 Å². The van der Waals surface area contributed by atoms with Crippen molar-refractivity contribution in [2.45, 2.75) is 19.0 Å². The number of hydrogen-bond acceptors (Lipinski definition) is 9. The van der Waals surface area contributed by atoms with Crippen molar-refractivity contribution in [3.8, 4) is 22.9 Å². The third kappa shape index (κ3) is 4.12. The van der Waals surface area contributed by atoms with Gasteiger partial charge in [0.25, 0.3) is 5.91 Å². The largest absolute Gasteiger partial charge is 0.492 e. The standard InChI is InChI=1S/C26H25N7O4/c1-32-12-10-17-13-20-23(37-15-36-20)24(35-2)21(17)22(32)25-29-30-31-33(25)19-8-6-16(7-9-19)26(34)28-14-18-5-3-4-11-27-18/h3-9,11,13,22H,10,12,14-15H2,1-2H3,(H,28,34)/t22-/m1/s1. The molecule has 11 heteroatoms. The van der Waals surface area contributed by atoms with Crippen LogP contribution >= 0.6 is 0 Å². The van der Waals surface area contributed by atoms with Gasteiger partial charge in [0, 0.05) is 23.9 Å². The fraction of sp³-hybridized carbons (Fsp3) is 0.269. The van der Waals surface area contributed by atoms with E-state index in [1.807, 2.05) is 43.4 Å². The van der Waals surface area contributed by atoms with Gasteiger partial charge in [0.2, 0.25) is 12.5 Å². The molecule has 1 amide bonds. The maximum absolute atomic E-state index is 12.6. The highest BCUT2D eigenvalue weighted by Crippen LogP contribution is 2.50. The molecule has 0 saturated heterocycles. The van der Waals surface area contributed by atoms with Gasteiger partial charge in [0.05, 0.1) is 25.0 Å². The lowest BCUT2D eigenvalue weighted by Gasteiger charge is -2.34. The molecule has 2 aliphatic heterocycles. The normalized spacial score (nSPS) is 16.3. The molecule has 37 heavy (non-hydrogen) atoms. The van der Waals surface area contributed by atoms with E-state index in [-0.39, 0.29) is 18.7 Å². The number of nitrogens with one attached hydrogen (secondary N) is 1. The summed E-state index contributed by atoms with van der Waals surface area (Å²) in [7, 11) is 3.66. The molecular formula is C26H25N7O4. The van der Waals surface area contributed by atoms with E-state index in [1.165, 1.54) is 0 Å². The summed E-state index contributed by atoms with van der Waals surface area (Å²) in [5.74, 6) is 2.37. The second-order valence-corrected chi connectivity index (χ2v) is 8.85. The maximum Gasteiger partial charge on any atom is 0.251 e. The van der Waals surface area contributed by atoms with Crippen LogP contribution in [0.1, 0.15) is 39.0 Å². The summed E-state index contributed by atoms with van der Waals surface area (Å²) in [5, 5.41) is 15.5. The minimum atomic E-state index is -0.274. The van der Waals surface area contributed by atoms with E-state index in [1.54, 1.807) is 30.1 Å². The molecule has 4 aromatic rings. The Labute approximate surface area is 213 Å². The number of amides is 1. The lowest BCUT2D eigenvalue weighted by molar-refractivity contribution is 0.0950. The minimum Gasteiger partial charge on any atom is -0.492 e. The molecule has 6 rings (SSSR count). The predicted molar refractivity (Wildman–Crippen MR) is 132 cm³/mol. The molecule has 1 N–H and O–H groups in total. The summed E-state index contributed by atoms with van der Waals surface area (Å²) in [5.41, 5.74) is 4.13. The zero-order valence-electron chi connectivity index (χ0n) is 20.4. The Morgan fingerprint density at radius 2 is 2.05 bits per heavy atom. The van der Waals surface area contributed by atoms with Crippen LogP contribution in [0.5, 0.6) is 17.2 Å². The quantitative estimate of drug-likeness (QED) is 0.426. The van der Waals surface area contributed by atoms with E-state index in [0.29, 0.717) is 35.2 Å². The Balaban J connectivity index is 1.30. The Morgan fingerprint density at radius 1 is 1.19 bits per heavy atom. The van der Waals surface area contributed by atoms with Crippen molar-refractivity contribution in [3.63, 3.8) is 0 Å². The summed E-state index contributed by atoms with van der Waals surface area (Å²) in [6.45, 7) is 1.32. The number of likely N-dealkylation sites (N-methyl/N-ethyl adjacent to an activating group) is 1. The molecule has 0 saturated carbocycles. The Bertz CT molecular complexity index is 1440. The highest BCUT2D eigenvalue weighted by atomic mass is 16.7. The number of pyridine rings is 1. The first-order valence-electron chi connectivity index (χ1n) is 11.9. The molecule has 0 spiro atoms. The number of carbonyl (C=O) groups excluding carboxylic acids is 1. The Hall–Kier alpha value is -4.51. The number of hydrogen-bond donors (Lipinski definition) is 1. The van der Waals surface area contributed by atoms with Gasteiger partial charge in [-0.1, -0.05) is 6.07 Å². The van der Waals surface area contributed by atoms with E-state index < -0.39 is 0 Å². The van der Waals surface area contributed by atoms with Crippen molar-refractivity contribution in [2.24, 2.45) is 0 Å². The number of aromatic nitrogens is 5. The van der Waals surface area contributed by atoms with Gasteiger partial charge < -0.3 is 19.5 Å². The van der Waals surface area contributed by atoms with Crippen molar-refractivity contribution in [3.05, 3.63) is 82.9 Å². The fourth-order valence-corrected chi connectivity index (χ4v) is 4.84. The summed E-state index contributed by atoms with van der Waals surface area (Å²) < 4.78 is 18.9. The van der Waals surface area contributed by atoms with Crippen LogP contribution in [0.15, 0.2) is 54.7 Å². The Morgan fingerprint density at radius 3 is 2.84 bits per heavy atom. The number of nitrogens with zero attached hydrogens (tertiary/aromatic N) is 6. The molecule has 0 bridgehead atoms. The van der Waals surface area contributed by atoms with Crippen LogP contribution in [0.2, 0.25) is 0 Å². The monoisotopic (exact) mass is 499 g/mol. The van der Waals surface area contributed by atoms with Gasteiger partial charge in [0.15, 0.2) is 17.3 Å². The molecule has 2 aromatic heterocycles. The molecule has 2 aliphatic rings. The molecule has 11 nitrogen and oxygen atoms in total. The number of rotatable bonds is 6. The van der Waals surface area contributed by atoms with Crippen LogP contribution in [-0.2, 0) is 13.0 Å². The van der Waals surface area contributed by atoms with Gasteiger partial charge in [-0.05, 0) is 71.9 Å². The summed E-state index contributed by atoms with van der Waals surface area (Å²) in [4.78, 5) is 19.1. The smallest absolute Gasteiger partial charge is 0.251 e. The third-order valence-corrected chi connectivity index (χ3v) is 6.66. The van der Waals surface area contributed by atoms with Gasteiger partial charge in [-0.3, -0.25) is 14.7 Å². The van der Waals surface area contributed by atoms with E-state index in [9.17, 15) is 4.79 Å². The molecule has 0 fully saturated rings. The number of benzene rings is 2. The van der Waals surface area contributed by atoms with E-state index in [0.717, 1.165) is 35.5 Å². The highest BCUT2D eigenvalue weighted by Gasteiger charge is 2.37. The van der Waals surface area contributed by atoms with Gasteiger partial charge in [-0.25, -0.2) is 0 Å². The molecule has 2 aromatic carbocycles. The number of carbonyl (C=O) groups is 1. The lowest BCUT2D eigenvalue weighted by Crippen LogP contribution is -2.35. The minimum absolute atomic E-state index is 0.161. The number of fused-ring (bicyclic) bond motifs is 2. The van der Waals surface area contributed by atoms with Crippen LogP contribution in [0.3, 0.4) is 0 Å². The first-order valence-corrected chi connectivity index (χ1v) is 11.9. The molecule has 188 valence electrons. The zero-order chi connectivity index (χ0) is 25.4. The van der Waals surface area contributed by atoms with Crippen molar-refractivity contribution in [1.29, 1.82) is 0 Å². The van der Waals surface area contributed by atoms with Gasteiger partial charge >= 0.3 is 0 Å². The van der Waals surface area contributed by atoms with Crippen LogP contribution in [0, 0.1) is 0 Å². The van der Waals surface area contributed by atoms with Gasteiger partial charge in [-0.15, -0.1) is 5.10 Å². The fourth-order valence-electron chi connectivity index (χ4n) is 4.84. The second kappa shape index (κ2) is 9.51. The molecule has 4 heterocycles. The van der Waals surface area contributed by atoms with E-state index in [4.69, 9.17) is 14.2 Å². The van der Waals surface area contributed by atoms with Crippen LogP contribution in [0.25, 0.3) is 5.69 Å². The van der Waals surface area contributed by atoms with Crippen molar-refractivity contribution in [1.82, 2.24) is 35.4 Å². The van der Waals surface area contributed by atoms with Gasteiger partial charge in [-0.2, -0.15) is 4.68 Å². The van der Waals surface area contributed by atoms with Crippen LogP contribution < -0.4 is 19.5 Å². The molecule has 0 unspecified atom stereocenters. The van der Waals surface area contributed by atoms with Crippen LogP contribution in [-0.4, -0.2) is 63.5 Å².